The molecule has 0 saturated heterocycles. The van der Waals surface area contributed by atoms with Crippen molar-refractivity contribution in [3.05, 3.63) is 23.9 Å². The Morgan fingerprint density at radius 2 is 2.14 bits per heavy atom. The lowest BCUT2D eigenvalue weighted by molar-refractivity contribution is 0.146. The van der Waals surface area contributed by atoms with Gasteiger partial charge in [0.2, 0.25) is 0 Å². The number of rotatable bonds is 5. The van der Waals surface area contributed by atoms with Gasteiger partial charge in [-0.2, -0.15) is 0 Å². The minimum Gasteiger partial charge on any atom is -0.383 e. The lowest BCUT2D eigenvalue weighted by Gasteiger charge is -2.45. The first-order valence-corrected chi connectivity index (χ1v) is 8.41. The normalized spacial score (nSPS) is 26.8. The fourth-order valence-electron chi connectivity index (χ4n) is 3.96. The molecule has 3 nitrogen and oxygen atoms in total. The summed E-state index contributed by atoms with van der Waals surface area (Å²) in [6.07, 6.45) is 6.83. The van der Waals surface area contributed by atoms with Gasteiger partial charge in [0.05, 0.1) is 0 Å². The zero-order valence-electron chi connectivity index (χ0n) is 14.0. The van der Waals surface area contributed by atoms with E-state index in [4.69, 9.17) is 5.73 Å². The summed E-state index contributed by atoms with van der Waals surface area (Å²) in [7, 11) is 0. The number of anilines is 1. The van der Waals surface area contributed by atoms with Gasteiger partial charge in [0, 0.05) is 17.8 Å². The number of nitrogens with zero attached hydrogens (tertiary/aromatic N) is 1. The molecule has 0 bridgehead atoms. The number of hydrogen-bond donors (Lipinski definition) is 2. The Balaban J connectivity index is 2.25. The maximum Gasteiger partial charge on any atom is 0.127 e. The first-order valence-electron chi connectivity index (χ1n) is 8.41. The largest absolute Gasteiger partial charge is 0.383 e. The van der Waals surface area contributed by atoms with Crippen molar-refractivity contribution in [2.75, 3.05) is 12.3 Å². The number of aromatic nitrogens is 1. The maximum absolute atomic E-state index is 6.15. The van der Waals surface area contributed by atoms with Crippen LogP contribution in [0.2, 0.25) is 0 Å². The Kier molecular flexibility index (Phi) is 5.26. The molecule has 0 aliphatic heterocycles. The van der Waals surface area contributed by atoms with Crippen molar-refractivity contribution in [2.24, 2.45) is 11.8 Å². The first kappa shape index (κ1) is 16.3. The second kappa shape index (κ2) is 6.78. The summed E-state index contributed by atoms with van der Waals surface area (Å²) in [4.78, 5) is 4.30. The highest BCUT2D eigenvalue weighted by Gasteiger charge is 2.40. The average molecular weight is 289 g/mol. The molecule has 0 amide bonds. The summed E-state index contributed by atoms with van der Waals surface area (Å²) in [5, 5.41) is 3.79. The zero-order chi connectivity index (χ0) is 15.5. The van der Waals surface area contributed by atoms with Crippen LogP contribution in [0.25, 0.3) is 0 Å². The standard InChI is InChI=1S/C18H31N3/c1-5-10-20-16-12-13(2)8-9-14(16)18(3,4)15-7-6-11-21-17(15)19/h6-7,11,13-14,16,20H,5,8-10,12H2,1-4H3,(H2,19,21). The third kappa shape index (κ3) is 3.57. The molecule has 0 aromatic carbocycles. The van der Waals surface area contributed by atoms with Crippen LogP contribution >= 0.6 is 0 Å². The zero-order valence-corrected chi connectivity index (χ0v) is 14.0. The van der Waals surface area contributed by atoms with Crippen molar-refractivity contribution in [1.82, 2.24) is 10.3 Å². The van der Waals surface area contributed by atoms with Crippen LogP contribution in [0.3, 0.4) is 0 Å². The Morgan fingerprint density at radius 3 is 2.81 bits per heavy atom. The second-order valence-corrected chi connectivity index (χ2v) is 7.24. The van der Waals surface area contributed by atoms with E-state index in [-0.39, 0.29) is 5.41 Å². The van der Waals surface area contributed by atoms with Crippen molar-refractivity contribution in [1.29, 1.82) is 0 Å². The van der Waals surface area contributed by atoms with Crippen molar-refractivity contribution < 1.29 is 0 Å². The lowest BCUT2D eigenvalue weighted by atomic mass is 9.63. The van der Waals surface area contributed by atoms with Crippen LogP contribution in [0.1, 0.15) is 58.9 Å². The molecule has 1 fully saturated rings. The van der Waals surface area contributed by atoms with Crippen LogP contribution in [0.4, 0.5) is 5.82 Å². The molecule has 3 unspecified atom stereocenters. The summed E-state index contributed by atoms with van der Waals surface area (Å²) in [6.45, 7) is 10.4. The summed E-state index contributed by atoms with van der Waals surface area (Å²) in [5.74, 6) is 2.12. The van der Waals surface area contributed by atoms with Crippen molar-refractivity contribution in [2.45, 2.75) is 64.8 Å². The van der Waals surface area contributed by atoms with Crippen LogP contribution < -0.4 is 11.1 Å². The van der Waals surface area contributed by atoms with Crippen LogP contribution in [0.15, 0.2) is 18.3 Å². The van der Waals surface area contributed by atoms with E-state index in [0.717, 1.165) is 12.5 Å². The van der Waals surface area contributed by atoms with E-state index in [1.807, 2.05) is 6.07 Å². The molecule has 2 rings (SSSR count). The van der Waals surface area contributed by atoms with Crippen molar-refractivity contribution >= 4 is 5.82 Å². The summed E-state index contributed by atoms with van der Waals surface area (Å²) in [6, 6.07) is 4.74. The molecule has 1 aliphatic rings. The van der Waals surface area contributed by atoms with Crippen molar-refractivity contribution in [3.8, 4) is 0 Å². The lowest BCUT2D eigenvalue weighted by Crippen LogP contribution is -2.48. The summed E-state index contributed by atoms with van der Waals surface area (Å²) in [5.41, 5.74) is 7.42. The van der Waals surface area contributed by atoms with E-state index < -0.39 is 0 Å². The Bertz CT molecular complexity index is 456. The first-order chi connectivity index (χ1) is 9.96. The van der Waals surface area contributed by atoms with E-state index in [1.165, 1.54) is 31.2 Å². The molecule has 1 saturated carbocycles. The van der Waals surface area contributed by atoms with Gasteiger partial charge in [-0.1, -0.05) is 40.2 Å². The minimum absolute atomic E-state index is 0.0594. The Labute approximate surface area is 129 Å². The quantitative estimate of drug-likeness (QED) is 0.868. The topological polar surface area (TPSA) is 50.9 Å². The molecule has 0 radical (unpaired) electrons. The molecule has 1 heterocycles. The molecule has 1 aromatic rings. The smallest absolute Gasteiger partial charge is 0.127 e. The van der Waals surface area contributed by atoms with Gasteiger partial charge in [0.15, 0.2) is 0 Å². The third-order valence-electron chi connectivity index (χ3n) is 5.23. The highest BCUT2D eigenvalue weighted by Crippen LogP contribution is 2.43. The predicted octanol–water partition coefficient (Wildman–Crippen LogP) is 3.75. The fraction of sp³-hybridized carbons (Fsp3) is 0.722. The van der Waals surface area contributed by atoms with Crippen LogP contribution in [0.5, 0.6) is 0 Å². The molecule has 3 N–H and O–H groups in total. The van der Waals surface area contributed by atoms with Crippen molar-refractivity contribution in [3.63, 3.8) is 0 Å². The maximum atomic E-state index is 6.15. The summed E-state index contributed by atoms with van der Waals surface area (Å²) < 4.78 is 0. The van der Waals surface area contributed by atoms with E-state index >= 15 is 0 Å². The number of nitrogen functional groups attached to an aromatic ring is 1. The molecular weight excluding hydrogens is 258 g/mol. The monoisotopic (exact) mass is 289 g/mol. The van der Waals surface area contributed by atoms with Gasteiger partial charge < -0.3 is 11.1 Å². The van der Waals surface area contributed by atoms with Gasteiger partial charge >= 0.3 is 0 Å². The summed E-state index contributed by atoms with van der Waals surface area (Å²) >= 11 is 0. The van der Waals surface area contributed by atoms with Crippen LogP contribution in [-0.2, 0) is 5.41 Å². The molecule has 118 valence electrons. The van der Waals surface area contributed by atoms with Gasteiger partial charge in [0.25, 0.3) is 0 Å². The molecule has 3 heteroatoms. The molecule has 3 atom stereocenters. The average Bonchev–Trinajstić information content (AvgIpc) is 2.45. The molecule has 1 aliphatic carbocycles. The minimum atomic E-state index is 0.0594. The van der Waals surface area contributed by atoms with E-state index in [1.54, 1.807) is 6.20 Å². The van der Waals surface area contributed by atoms with Crippen LogP contribution in [0, 0.1) is 11.8 Å². The second-order valence-electron chi connectivity index (χ2n) is 7.24. The number of nitrogens with two attached hydrogens (primary N) is 1. The molecule has 21 heavy (non-hydrogen) atoms. The highest BCUT2D eigenvalue weighted by atomic mass is 14.9. The van der Waals surface area contributed by atoms with E-state index in [2.05, 4.69) is 44.1 Å². The SMILES string of the molecule is CCCNC1CC(C)CCC1C(C)(C)c1cccnc1N. The molecule has 0 spiro atoms. The van der Waals surface area contributed by atoms with Gasteiger partial charge in [-0.15, -0.1) is 0 Å². The van der Waals surface area contributed by atoms with E-state index in [0.29, 0.717) is 17.8 Å². The number of hydrogen-bond acceptors (Lipinski definition) is 3. The number of pyridine rings is 1. The van der Waals surface area contributed by atoms with Gasteiger partial charge in [0.1, 0.15) is 5.82 Å². The Hall–Kier alpha value is -1.09. The van der Waals surface area contributed by atoms with Crippen LogP contribution in [-0.4, -0.2) is 17.6 Å². The highest BCUT2D eigenvalue weighted by molar-refractivity contribution is 5.44. The van der Waals surface area contributed by atoms with Gasteiger partial charge in [-0.25, -0.2) is 4.98 Å². The van der Waals surface area contributed by atoms with Gasteiger partial charge in [-0.05, 0) is 49.1 Å². The molecule has 1 aromatic heterocycles. The van der Waals surface area contributed by atoms with E-state index in [9.17, 15) is 0 Å². The Morgan fingerprint density at radius 1 is 1.38 bits per heavy atom. The number of nitrogens with one attached hydrogen (secondary N) is 1. The van der Waals surface area contributed by atoms with Gasteiger partial charge in [-0.3, -0.25) is 0 Å². The molecular formula is C18H31N3. The predicted molar refractivity (Wildman–Crippen MR) is 90.3 cm³/mol. The third-order valence-corrected chi connectivity index (χ3v) is 5.23. The fourth-order valence-corrected chi connectivity index (χ4v) is 3.96.